The molecule has 0 aromatic heterocycles. The van der Waals surface area contributed by atoms with Gasteiger partial charge in [-0.2, -0.15) is 0 Å². The van der Waals surface area contributed by atoms with Gasteiger partial charge in [0.05, 0.1) is 6.54 Å². The van der Waals surface area contributed by atoms with Gasteiger partial charge in [0, 0.05) is 0 Å². The molecule has 0 aliphatic carbocycles. The lowest BCUT2D eigenvalue weighted by atomic mass is 10.2. The third-order valence-electron chi connectivity index (χ3n) is 1.42. The van der Waals surface area contributed by atoms with Crippen LogP contribution in [0.15, 0.2) is 35.3 Å². The van der Waals surface area contributed by atoms with Gasteiger partial charge >= 0.3 is 0 Å². The van der Waals surface area contributed by atoms with Crippen molar-refractivity contribution < 1.29 is 0 Å². The van der Waals surface area contributed by atoms with Gasteiger partial charge in [-0.15, -0.1) is 24.0 Å². The number of benzene rings is 1. The SMILES string of the molecule is I.NNC(N)=NCc1ccccc1. The molecular weight excluding hydrogens is 279 g/mol. The van der Waals surface area contributed by atoms with Gasteiger partial charge in [0.15, 0.2) is 0 Å². The lowest BCUT2D eigenvalue weighted by molar-refractivity contribution is 0.958. The van der Waals surface area contributed by atoms with E-state index in [1.54, 1.807) is 0 Å². The van der Waals surface area contributed by atoms with Crippen molar-refractivity contribution in [3.8, 4) is 0 Å². The summed E-state index contributed by atoms with van der Waals surface area (Å²) < 4.78 is 0. The fourth-order valence-corrected chi connectivity index (χ4v) is 0.806. The molecule has 13 heavy (non-hydrogen) atoms. The maximum atomic E-state index is 5.33. The van der Waals surface area contributed by atoms with Crippen LogP contribution in [0.3, 0.4) is 0 Å². The lowest BCUT2D eigenvalue weighted by Gasteiger charge is -1.98. The van der Waals surface area contributed by atoms with Crippen molar-refractivity contribution in [3.63, 3.8) is 0 Å². The van der Waals surface area contributed by atoms with E-state index in [1.165, 1.54) is 0 Å². The molecule has 0 unspecified atom stereocenters. The molecule has 0 bridgehead atoms. The lowest BCUT2D eigenvalue weighted by Crippen LogP contribution is -2.37. The average Bonchev–Trinajstić information content (AvgIpc) is 2.16. The highest BCUT2D eigenvalue weighted by Gasteiger charge is 1.88. The number of nitrogens with one attached hydrogen (secondary N) is 1. The standard InChI is InChI=1S/C8H12N4.HI/c9-8(12-10)11-6-7-4-2-1-3-5-7;/h1-5H,6,10H2,(H3,9,11,12);1H. The van der Waals surface area contributed by atoms with Gasteiger partial charge in [-0.1, -0.05) is 30.3 Å². The van der Waals surface area contributed by atoms with Crippen molar-refractivity contribution in [2.45, 2.75) is 6.54 Å². The summed E-state index contributed by atoms with van der Waals surface area (Å²) in [6.45, 7) is 0.552. The Morgan fingerprint density at radius 2 is 1.92 bits per heavy atom. The zero-order valence-corrected chi connectivity index (χ0v) is 9.43. The highest BCUT2D eigenvalue weighted by Crippen LogP contribution is 1.99. The zero-order valence-electron chi connectivity index (χ0n) is 7.10. The molecule has 0 aliphatic heterocycles. The number of aliphatic imine (C=N–C) groups is 1. The maximum absolute atomic E-state index is 5.33. The maximum Gasteiger partial charge on any atom is 0.203 e. The van der Waals surface area contributed by atoms with Crippen molar-refractivity contribution in [2.24, 2.45) is 16.6 Å². The molecule has 0 atom stereocenters. The summed E-state index contributed by atoms with van der Waals surface area (Å²) in [7, 11) is 0. The first-order chi connectivity index (χ1) is 5.83. The number of rotatable bonds is 2. The van der Waals surface area contributed by atoms with E-state index in [0.29, 0.717) is 6.54 Å². The van der Waals surface area contributed by atoms with Crippen molar-refractivity contribution in [2.75, 3.05) is 0 Å². The molecule has 0 radical (unpaired) electrons. The summed E-state index contributed by atoms with van der Waals surface area (Å²) in [6.07, 6.45) is 0. The molecule has 5 heteroatoms. The Morgan fingerprint density at radius 3 is 2.46 bits per heavy atom. The number of halogens is 1. The Labute approximate surface area is 94.4 Å². The highest BCUT2D eigenvalue weighted by molar-refractivity contribution is 14.0. The number of nitrogens with zero attached hydrogens (tertiary/aromatic N) is 1. The van der Waals surface area contributed by atoms with E-state index < -0.39 is 0 Å². The van der Waals surface area contributed by atoms with Crippen molar-refractivity contribution in [1.82, 2.24) is 5.43 Å². The molecule has 0 spiro atoms. The molecule has 0 aliphatic rings. The van der Waals surface area contributed by atoms with E-state index in [0.717, 1.165) is 5.56 Å². The summed E-state index contributed by atoms with van der Waals surface area (Å²) in [6, 6.07) is 9.83. The van der Waals surface area contributed by atoms with Crippen molar-refractivity contribution >= 4 is 29.9 Å². The van der Waals surface area contributed by atoms with E-state index >= 15 is 0 Å². The van der Waals surface area contributed by atoms with Crippen LogP contribution in [0.5, 0.6) is 0 Å². The molecule has 0 amide bonds. The van der Waals surface area contributed by atoms with E-state index in [1.807, 2.05) is 30.3 Å². The van der Waals surface area contributed by atoms with E-state index in [4.69, 9.17) is 11.6 Å². The number of hydrogen-bond donors (Lipinski definition) is 3. The molecule has 1 rings (SSSR count). The second-order valence-corrected chi connectivity index (χ2v) is 2.33. The van der Waals surface area contributed by atoms with Crippen molar-refractivity contribution in [1.29, 1.82) is 0 Å². The van der Waals surface area contributed by atoms with Gasteiger partial charge in [0.25, 0.3) is 0 Å². The molecule has 0 heterocycles. The summed E-state index contributed by atoms with van der Waals surface area (Å²) in [5.74, 6) is 5.28. The third-order valence-corrected chi connectivity index (χ3v) is 1.42. The Balaban J connectivity index is 0.00000144. The first-order valence-corrected chi connectivity index (χ1v) is 3.63. The van der Waals surface area contributed by atoms with Gasteiger partial charge < -0.3 is 5.73 Å². The topological polar surface area (TPSA) is 76.4 Å². The van der Waals surface area contributed by atoms with Crippen molar-refractivity contribution in [3.05, 3.63) is 35.9 Å². The quantitative estimate of drug-likeness (QED) is 0.245. The first kappa shape index (κ1) is 12.2. The predicted octanol–water partition coefficient (Wildman–Crippen LogP) is 0.583. The number of guanidine groups is 1. The fraction of sp³-hybridized carbons (Fsp3) is 0.125. The van der Waals surface area contributed by atoms with E-state index in [2.05, 4.69) is 10.4 Å². The van der Waals surface area contributed by atoms with Crippen LogP contribution in [0.4, 0.5) is 0 Å². The van der Waals surface area contributed by atoms with E-state index in [9.17, 15) is 0 Å². The summed E-state index contributed by atoms with van der Waals surface area (Å²) in [5.41, 5.74) is 8.70. The Morgan fingerprint density at radius 1 is 1.31 bits per heavy atom. The second-order valence-electron chi connectivity index (χ2n) is 2.33. The van der Waals surface area contributed by atoms with Gasteiger partial charge in [-0.25, -0.2) is 10.8 Å². The second kappa shape index (κ2) is 6.67. The normalized spacial score (nSPS) is 10.4. The minimum Gasteiger partial charge on any atom is -0.369 e. The smallest absolute Gasteiger partial charge is 0.203 e. The Hall–Kier alpha value is -0.820. The fourth-order valence-electron chi connectivity index (χ4n) is 0.806. The Kier molecular flexibility index (Phi) is 6.25. The van der Waals surface area contributed by atoms with Crippen LogP contribution < -0.4 is 17.0 Å². The summed E-state index contributed by atoms with van der Waals surface area (Å²) >= 11 is 0. The van der Waals surface area contributed by atoms with Crippen LogP contribution >= 0.6 is 24.0 Å². The van der Waals surface area contributed by atoms with Gasteiger partial charge in [0.1, 0.15) is 0 Å². The minimum absolute atomic E-state index is 0. The predicted molar refractivity (Wildman–Crippen MR) is 64.5 cm³/mol. The number of hydrazine groups is 1. The molecule has 4 nitrogen and oxygen atoms in total. The number of hydrogen-bond acceptors (Lipinski definition) is 2. The molecule has 72 valence electrons. The monoisotopic (exact) mass is 292 g/mol. The van der Waals surface area contributed by atoms with E-state index in [-0.39, 0.29) is 29.9 Å². The molecular formula is C8H13IN4. The van der Waals surface area contributed by atoms with Crippen LogP contribution in [0.1, 0.15) is 5.56 Å². The third kappa shape index (κ3) is 4.69. The average molecular weight is 292 g/mol. The van der Waals surface area contributed by atoms with Gasteiger partial charge in [-0.05, 0) is 5.56 Å². The van der Waals surface area contributed by atoms with Crippen LogP contribution in [0.25, 0.3) is 0 Å². The summed E-state index contributed by atoms with van der Waals surface area (Å²) in [5, 5.41) is 0. The molecule has 0 saturated heterocycles. The molecule has 0 saturated carbocycles. The largest absolute Gasteiger partial charge is 0.369 e. The van der Waals surface area contributed by atoms with Crippen LogP contribution in [0, 0.1) is 0 Å². The molecule has 5 N–H and O–H groups in total. The molecule has 1 aromatic rings. The summed E-state index contributed by atoms with van der Waals surface area (Å²) in [4.78, 5) is 3.97. The zero-order chi connectivity index (χ0) is 8.81. The first-order valence-electron chi connectivity index (χ1n) is 3.63. The van der Waals surface area contributed by atoms with Crippen LogP contribution in [-0.4, -0.2) is 5.96 Å². The molecule has 0 fully saturated rings. The number of nitrogens with two attached hydrogens (primary N) is 2. The highest BCUT2D eigenvalue weighted by atomic mass is 127. The van der Waals surface area contributed by atoms with Gasteiger partial charge in [0.2, 0.25) is 5.96 Å². The minimum atomic E-state index is 0. The Bertz CT molecular complexity index is 260. The van der Waals surface area contributed by atoms with Gasteiger partial charge in [-0.3, -0.25) is 5.43 Å². The van der Waals surface area contributed by atoms with Crippen LogP contribution in [0.2, 0.25) is 0 Å². The molecule has 1 aromatic carbocycles. The van der Waals surface area contributed by atoms with Crippen LogP contribution in [-0.2, 0) is 6.54 Å².